The van der Waals surface area contributed by atoms with Crippen molar-refractivity contribution >= 4 is 31.4 Å². The maximum Gasteiger partial charge on any atom is 0.333 e. The lowest BCUT2D eigenvalue weighted by molar-refractivity contribution is -0.169. The molecule has 32 heavy (non-hydrogen) atoms. The SMILES string of the molecule is C[Si](C)(C)CCOCN1C(=O)CCN(c2ccc(N3CCC4(CC3)OCCO4)cc2)C1=O. The van der Waals surface area contributed by atoms with Crippen molar-refractivity contribution in [3.8, 4) is 0 Å². The van der Waals surface area contributed by atoms with Gasteiger partial charge in [0.2, 0.25) is 5.91 Å². The number of hydrogen-bond acceptors (Lipinski definition) is 6. The molecular formula is C23H35N3O5Si. The van der Waals surface area contributed by atoms with E-state index in [2.05, 4.69) is 24.5 Å². The molecule has 0 bridgehead atoms. The number of hydrogen-bond donors (Lipinski definition) is 0. The number of urea groups is 1. The van der Waals surface area contributed by atoms with Crippen LogP contribution in [0.25, 0.3) is 0 Å². The van der Waals surface area contributed by atoms with Crippen molar-refractivity contribution in [3.63, 3.8) is 0 Å². The van der Waals surface area contributed by atoms with E-state index in [0.717, 1.165) is 43.4 Å². The number of anilines is 2. The number of benzene rings is 1. The van der Waals surface area contributed by atoms with Gasteiger partial charge in [0.15, 0.2) is 5.79 Å². The Labute approximate surface area is 191 Å². The van der Waals surface area contributed by atoms with E-state index in [1.165, 1.54) is 4.90 Å². The van der Waals surface area contributed by atoms with Gasteiger partial charge in [0, 0.05) is 65.0 Å². The van der Waals surface area contributed by atoms with Crippen LogP contribution in [-0.4, -0.2) is 76.9 Å². The highest BCUT2D eigenvalue weighted by molar-refractivity contribution is 6.76. The zero-order valence-electron chi connectivity index (χ0n) is 19.5. The largest absolute Gasteiger partial charge is 0.371 e. The van der Waals surface area contributed by atoms with Gasteiger partial charge in [-0.1, -0.05) is 19.6 Å². The van der Waals surface area contributed by atoms with E-state index in [1.54, 1.807) is 4.90 Å². The van der Waals surface area contributed by atoms with Crippen molar-refractivity contribution in [3.05, 3.63) is 24.3 Å². The summed E-state index contributed by atoms with van der Waals surface area (Å²) >= 11 is 0. The summed E-state index contributed by atoms with van der Waals surface area (Å²) in [5, 5.41) is 0. The predicted molar refractivity (Wildman–Crippen MR) is 126 cm³/mol. The Balaban J connectivity index is 1.34. The van der Waals surface area contributed by atoms with E-state index in [1.807, 2.05) is 24.3 Å². The number of carbonyl (C=O) groups is 2. The second-order valence-corrected chi connectivity index (χ2v) is 15.6. The summed E-state index contributed by atoms with van der Waals surface area (Å²) in [6.45, 7) is 10.9. The summed E-state index contributed by atoms with van der Waals surface area (Å²) < 4.78 is 17.3. The number of nitrogens with zero attached hydrogens (tertiary/aromatic N) is 3. The minimum Gasteiger partial charge on any atom is -0.371 e. The third kappa shape index (κ3) is 5.33. The molecule has 8 nitrogen and oxygen atoms in total. The van der Waals surface area contributed by atoms with Crippen LogP contribution in [0.3, 0.4) is 0 Å². The third-order valence-corrected chi connectivity index (χ3v) is 8.10. The second-order valence-electron chi connectivity index (χ2n) is 9.97. The van der Waals surface area contributed by atoms with Crippen LogP contribution >= 0.6 is 0 Å². The van der Waals surface area contributed by atoms with Gasteiger partial charge in [-0.25, -0.2) is 9.69 Å². The monoisotopic (exact) mass is 461 g/mol. The molecule has 0 saturated carbocycles. The summed E-state index contributed by atoms with van der Waals surface area (Å²) in [5.74, 6) is -0.557. The fraction of sp³-hybridized carbons (Fsp3) is 0.652. The average molecular weight is 462 g/mol. The lowest BCUT2D eigenvalue weighted by Gasteiger charge is -2.39. The van der Waals surface area contributed by atoms with E-state index in [4.69, 9.17) is 14.2 Å². The molecule has 3 amide bonds. The molecule has 1 aromatic rings. The highest BCUT2D eigenvalue weighted by Gasteiger charge is 2.40. The quantitative estimate of drug-likeness (QED) is 0.457. The number of ether oxygens (including phenoxy) is 3. The number of piperidine rings is 1. The Morgan fingerprint density at radius 3 is 2.22 bits per heavy atom. The molecule has 3 aliphatic heterocycles. The highest BCUT2D eigenvalue weighted by Crippen LogP contribution is 2.34. The lowest BCUT2D eigenvalue weighted by Crippen LogP contribution is -2.53. The van der Waals surface area contributed by atoms with Gasteiger partial charge < -0.3 is 19.1 Å². The molecule has 4 rings (SSSR count). The van der Waals surface area contributed by atoms with Crippen LogP contribution in [0.1, 0.15) is 19.3 Å². The lowest BCUT2D eigenvalue weighted by atomic mass is 10.0. The topological polar surface area (TPSA) is 71.6 Å². The van der Waals surface area contributed by atoms with E-state index in [-0.39, 0.29) is 24.5 Å². The molecule has 3 saturated heterocycles. The summed E-state index contributed by atoms with van der Waals surface area (Å²) in [5.41, 5.74) is 1.92. The van der Waals surface area contributed by atoms with Gasteiger partial charge in [0.05, 0.1) is 13.2 Å². The predicted octanol–water partition coefficient (Wildman–Crippen LogP) is 3.50. The summed E-state index contributed by atoms with van der Waals surface area (Å²) in [4.78, 5) is 30.5. The van der Waals surface area contributed by atoms with Crippen LogP contribution in [-0.2, 0) is 19.0 Å². The molecule has 1 spiro atoms. The molecule has 0 unspecified atom stereocenters. The Morgan fingerprint density at radius 1 is 0.969 bits per heavy atom. The van der Waals surface area contributed by atoms with Crippen molar-refractivity contribution in [2.75, 3.05) is 56.0 Å². The maximum absolute atomic E-state index is 13.0. The maximum atomic E-state index is 13.0. The molecule has 0 aliphatic carbocycles. The molecule has 3 aliphatic rings. The zero-order valence-corrected chi connectivity index (χ0v) is 20.5. The van der Waals surface area contributed by atoms with Crippen LogP contribution in [0, 0.1) is 0 Å². The van der Waals surface area contributed by atoms with E-state index < -0.39 is 8.07 Å². The van der Waals surface area contributed by atoms with Gasteiger partial charge in [-0.2, -0.15) is 0 Å². The fourth-order valence-electron chi connectivity index (χ4n) is 4.33. The van der Waals surface area contributed by atoms with E-state index >= 15 is 0 Å². The Kier molecular flexibility index (Phi) is 6.90. The van der Waals surface area contributed by atoms with Gasteiger partial charge in [-0.05, 0) is 30.3 Å². The molecule has 3 heterocycles. The van der Waals surface area contributed by atoms with E-state index in [9.17, 15) is 9.59 Å². The third-order valence-electron chi connectivity index (χ3n) is 6.39. The van der Waals surface area contributed by atoms with Crippen LogP contribution < -0.4 is 9.80 Å². The summed E-state index contributed by atoms with van der Waals surface area (Å²) in [7, 11) is -1.22. The Bertz CT molecular complexity index is 810. The summed E-state index contributed by atoms with van der Waals surface area (Å²) in [6, 6.07) is 8.70. The fourth-order valence-corrected chi connectivity index (χ4v) is 5.08. The summed E-state index contributed by atoms with van der Waals surface area (Å²) in [6.07, 6.45) is 2.02. The standard InChI is InChI=1S/C23H35N3O5Si/c1-32(2,3)17-16-29-18-26-21(27)8-11-25(22(26)28)20-6-4-19(5-7-20)24-12-9-23(10-13-24)30-14-15-31-23/h4-7H,8-18H2,1-3H3. The molecule has 0 atom stereocenters. The first-order valence-corrected chi connectivity index (χ1v) is 15.3. The van der Waals surface area contributed by atoms with Gasteiger partial charge >= 0.3 is 6.03 Å². The van der Waals surface area contributed by atoms with Crippen LogP contribution in [0.5, 0.6) is 0 Å². The molecule has 0 N–H and O–H groups in total. The van der Waals surface area contributed by atoms with Gasteiger partial charge in [-0.15, -0.1) is 0 Å². The Hall–Kier alpha value is -1.94. The molecule has 176 valence electrons. The smallest absolute Gasteiger partial charge is 0.333 e. The molecule has 0 radical (unpaired) electrons. The Morgan fingerprint density at radius 2 is 1.59 bits per heavy atom. The van der Waals surface area contributed by atoms with Gasteiger partial charge in [0.25, 0.3) is 0 Å². The van der Waals surface area contributed by atoms with E-state index in [0.29, 0.717) is 32.8 Å². The second kappa shape index (κ2) is 9.50. The van der Waals surface area contributed by atoms with Crippen molar-refractivity contribution in [1.29, 1.82) is 0 Å². The van der Waals surface area contributed by atoms with Crippen molar-refractivity contribution in [1.82, 2.24) is 4.90 Å². The molecule has 3 fully saturated rings. The molecule has 9 heteroatoms. The van der Waals surface area contributed by atoms with Crippen LogP contribution in [0.15, 0.2) is 24.3 Å². The van der Waals surface area contributed by atoms with Crippen molar-refractivity contribution in [2.24, 2.45) is 0 Å². The number of rotatable bonds is 7. The molecule has 1 aromatic carbocycles. The van der Waals surface area contributed by atoms with Crippen LogP contribution in [0.2, 0.25) is 25.7 Å². The average Bonchev–Trinajstić information content (AvgIpc) is 3.21. The highest BCUT2D eigenvalue weighted by atomic mass is 28.3. The number of amides is 3. The zero-order chi connectivity index (χ0) is 22.8. The van der Waals surface area contributed by atoms with Gasteiger partial charge in [0.1, 0.15) is 6.73 Å². The van der Waals surface area contributed by atoms with Gasteiger partial charge in [-0.3, -0.25) is 9.69 Å². The molecular weight excluding hydrogens is 426 g/mol. The minimum absolute atomic E-state index is 0.0242. The molecule has 0 aromatic heterocycles. The number of carbonyl (C=O) groups excluding carboxylic acids is 2. The van der Waals surface area contributed by atoms with Crippen molar-refractivity contribution in [2.45, 2.75) is 50.7 Å². The number of imide groups is 1. The first-order chi connectivity index (χ1) is 15.3. The van der Waals surface area contributed by atoms with Crippen molar-refractivity contribution < 1.29 is 23.8 Å². The van der Waals surface area contributed by atoms with Crippen LogP contribution in [0.4, 0.5) is 16.2 Å². The first kappa shape index (κ1) is 23.2. The first-order valence-electron chi connectivity index (χ1n) is 11.6. The minimum atomic E-state index is -1.22. The normalized spacial score (nSPS) is 21.7.